The Balaban J connectivity index is 2.19. The van der Waals surface area contributed by atoms with E-state index in [1.165, 1.54) is 0 Å². The van der Waals surface area contributed by atoms with Crippen molar-refractivity contribution in [2.24, 2.45) is 16.7 Å². The van der Waals surface area contributed by atoms with Crippen LogP contribution in [0.15, 0.2) is 24.3 Å². The van der Waals surface area contributed by atoms with Gasteiger partial charge in [-0.15, -0.1) is 0 Å². The first-order valence-corrected chi connectivity index (χ1v) is 7.36. The zero-order valence-electron chi connectivity index (χ0n) is 12.8. The van der Waals surface area contributed by atoms with E-state index in [4.69, 9.17) is 9.47 Å². The fourth-order valence-corrected chi connectivity index (χ4v) is 4.14. The molecule has 1 saturated carbocycles. The highest BCUT2D eigenvalue weighted by Crippen LogP contribution is 2.71. The molecule has 1 aromatic carbocycles. The molecule has 1 aliphatic heterocycles. The minimum absolute atomic E-state index is 0.130. The Morgan fingerprint density at radius 2 is 2.00 bits per heavy atom. The summed E-state index contributed by atoms with van der Waals surface area (Å²) in [7, 11) is 0. The number of hydrogen-bond donors (Lipinski definition) is 0. The first-order chi connectivity index (χ1) is 9.88. The van der Waals surface area contributed by atoms with Crippen LogP contribution in [0.5, 0.6) is 5.75 Å². The Kier molecular flexibility index (Phi) is 2.91. The van der Waals surface area contributed by atoms with E-state index in [1.54, 1.807) is 13.0 Å². The van der Waals surface area contributed by atoms with E-state index in [0.717, 1.165) is 5.56 Å². The summed E-state index contributed by atoms with van der Waals surface area (Å²) >= 11 is 0. The molecular formula is C17H20O4. The summed E-state index contributed by atoms with van der Waals surface area (Å²) in [5.41, 5.74) is -0.441. The third kappa shape index (κ3) is 1.50. The topological polar surface area (TPSA) is 52.6 Å². The van der Waals surface area contributed by atoms with Crippen LogP contribution in [0.1, 0.15) is 39.2 Å². The van der Waals surface area contributed by atoms with E-state index >= 15 is 0 Å². The second kappa shape index (κ2) is 4.33. The molecule has 0 unspecified atom stereocenters. The number of carbonyl (C=O) groups is 2. The van der Waals surface area contributed by atoms with Gasteiger partial charge in [-0.05, 0) is 24.3 Å². The number of fused-ring (bicyclic) bond motifs is 3. The Morgan fingerprint density at radius 3 is 2.67 bits per heavy atom. The summed E-state index contributed by atoms with van der Waals surface area (Å²) in [5.74, 6) is -0.698. The van der Waals surface area contributed by atoms with Crippen LogP contribution in [0.2, 0.25) is 0 Å². The SMILES string of the molecule is CCOC(=O)[C@]12C(=O)Oc3ccccc3[C@@H]1C(C)(C)[C@@H]2C. The molecule has 112 valence electrons. The number of rotatable bonds is 2. The molecule has 4 nitrogen and oxygen atoms in total. The van der Waals surface area contributed by atoms with E-state index in [2.05, 4.69) is 13.8 Å². The van der Waals surface area contributed by atoms with Crippen molar-refractivity contribution in [2.75, 3.05) is 6.61 Å². The van der Waals surface area contributed by atoms with Crippen molar-refractivity contribution in [3.8, 4) is 5.75 Å². The molecule has 1 aliphatic carbocycles. The van der Waals surface area contributed by atoms with Crippen molar-refractivity contribution in [1.29, 1.82) is 0 Å². The van der Waals surface area contributed by atoms with Crippen LogP contribution in [0.3, 0.4) is 0 Å². The highest BCUT2D eigenvalue weighted by atomic mass is 16.6. The molecule has 0 saturated heterocycles. The van der Waals surface area contributed by atoms with Gasteiger partial charge >= 0.3 is 11.9 Å². The number of ether oxygens (including phenoxy) is 2. The molecule has 2 aliphatic rings. The van der Waals surface area contributed by atoms with E-state index in [-0.39, 0.29) is 23.9 Å². The van der Waals surface area contributed by atoms with Gasteiger partial charge < -0.3 is 9.47 Å². The summed E-state index contributed by atoms with van der Waals surface area (Å²) < 4.78 is 10.7. The fraction of sp³-hybridized carbons (Fsp3) is 0.529. The van der Waals surface area contributed by atoms with Crippen molar-refractivity contribution in [1.82, 2.24) is 0 Å². The van der Waals surface area contributed by atoms with Crippen LogP contribution < -0.4 is 4.74 Å². The lowest BCUT2D eigenvalue weighted by atomic mass is 9.38. The zero-order valence-corrected chi connectivity index (χ0v) is 12.8. The molecule has 3 atom stereocenters. The Labute approximate surface area is 124 Å². The van der Waals surface area contributed by atoms with Crippen LogP contribution >= 0.6 is 0 Å². The molecule has 4 heteroatoms. The molecule has 3 rings (SSSR count). The number of esters is 2. The fourth-order valence-electron chi connectivity index (χ4n) is 4.14. The Bertz CT molecular complexity index is 619. The smallest absolute Gasteiger partial charge is 0.329 e. The van der Waals surface area contributed by atoms with Crippen LogP contribution in [0, 0.1) is 16.7 Å². The summed E-state index contributed by atoms with van der Waals surface area (Å²) in [6, 6.07) is 7.46. The summed E-state index contributed by atoms with van der Waals surface area (Å²) in [6.07, 6.45) is 0. The molecule has 0 spiro atoms. The number of benzene rings is 1. The highest BCUT2D eigenvalue weighted by Gasteiger charge is 2.76. The molecule has 1 fully saturated rings. The lowest BCUT2D eigenvalue weighted by Gasteiger charge is -2.63. The maximum atomic E-state index is 12.6. The lowest BCUT2D eigenvalue weighted by Crippen LogP contribution is -2.69. The average molecular weight is 288 g/mol. The lowest BCUT2D eigenvalue weighted by molar-refractivity contribution is -0.208. The van der Waals surface area contributed by atoms with Crippen LogP contribution in [0.4, 0.5) is 0 Å². The minimum Gasteiger partial charge on any atom is -0.465 e. The van der Waals surface area contributed by atoms with Gasteiger partial charge in [-0.2, -0.15) is 0 Å². The van der Waals surface area contributed by atoms with Gasteiger partial charge in [-0.3, -0.25) is 9.59 Å². The largest absolute Gasteiger partial charge is 0.465 e. The van der Waals surface area contributed by atoms with Gasteiger partial charge in [0, 0.05) is 11.5 Å². The third-order valence-corrected chi connectivity index (χ3v) is 5.38. The van der Waals surface area contributed by atoms with Crippen molar-refractivity contribution in [2.45, 2.75) is 33.6 Å². The molecule has 0 amide bonds. The summed E-state index contributed by atoms with van der Waals surface area (Å²) in [5, 5.41) is 0. The van der Waals surface area contributed by atoms with Gasteiger partial charge in [-0.25, -0.2) is 0 Å². The van der Waals surface area contributed by atoms with Crippen molar-refractivity contribution in [3.05, 3.63) is 29.8 Å². The standard InChI is InChI=1S/C17H20O4/c1-5-20-14(18)17-10(2)16(3,4)13(17)11-8-6-7-9-12(11)21-15(17)19/h6-10,13H,5H2,1-4H3/t10-,13+,17+/m0/s1. The molecule has 1 aromatic rings. The molecule has 0 bridgehead atoms. The quantitative estimate of drug-likeness (QED) is 0.477. The number of carbonyl (C=O) groups excluding carboxylic acids is 2. The summed E-state index contributed by atoms with van der Waals surface area (Å²) in [6.45, 7) is 8.13. The number of hydrogen-bond acceptors (Lipinski definition) is 4. The molecule has 0 radical (unpaired) electrons. The van der Waals surface area contributed by atoms with Crippen LogP contribution in [-0.2, 0) is 14.3 Å². The second-order valence-electron chi connectivity index (χ2n) is 6.49. The van der Waals surface area contributed by atoms with Gasteiger partial charge in [0.25, 0.3) is 0 Å². The monoisotopic (exact) mass is 288 g/mol. The molecule has 21 heavy (non-hydrogen) atoms. The Morgan fingerprint density at radius 1 is 1.33 bits per heavy atom. The Hall–Kier alpha value is -1.84. The third-order valence-electron chi connectivity index (χ3n) is 5.38. The number of para-hydroxylation sites is 1. The summed E-state index contributed by atoms with van der Waals surface area (Å²) in [4.78, 5) is 25.2. The van der Waals surface area contributed by atoms with E-state index < -0.39 is 17.4 Å². The minimum atomic E-state index is -1.20. The second-order valence-corrected chi connectivity index (χ2v) is 6.49. The predicted octanol–water partition coefficient (Wildman–Crippen LogP) is 2.91. The van der Waals surface area contributed by atoms with Gasteiger partial charge in [0.2, 0.25) is 0 Å². The van der Waals surface area contributed by atoms with E-state index in [9.17, 15) is 9.59 Å². The van der Waals surface area contributed by atoms with Gasteiger partial charge in [0.05, 0.1) is 6.61 Å². The first kappa shape index (κ1) is 14.1. The van der Waals surface area contributed by atoms with Crippen molar-refractivity contribution >= 4 is 11.9 Å². The van der Waals surface area contributed by atoms with Gasteiger partial charge in [-0.1, -0.05) is 39.0 Å². The van der Waals surface area contributed by atoms with Gasteiger partial charge in [0.1, 0.15) is 5.75 Å². The first-order valence-electron chi connectivity index (χ1n) is 7.36. The van der Waals surface area contributed by atoms with Gasteiger partial charge in [0.15, 0.2) is 5.41 Å². The predicted molar refractivity (Wildman–Crippen MR) is 76.8 cm³/mol. The highest BCUT2D eigenvalue weighted by molar-refractivity contribution is 6.05. The van der Waals surface area contributed by atoms with Crippen molar-refractivity contribution < 1.29 is 19.1 Å². The molecular weight excluding hydrogens is 268 g/mol. The molecule has 0 N–H and O–H groups in total. The normalized spacial score (nSPS) is 32.3. The molecule has 1 heterocycles. The van der Waals surface area contributed by atoms with Crippen LogP contribution in [0.25, 0.3) is 0 Å². The maximum absolute atomic E-state index is 12.6. The van der Waals surface area contributed by atoms with E-state index in [1.807, 2.05) is 25.1 Å². The molecule has 0 aromatic heterocycles. The van der Waals surface area contributed by atoms with Crippen LogP contribution in [-0.4, -0.2) is 18.5 Å². The zero-order chi connectivity index (χ0) is 15.4. The average Bonchev–Trinajstić information content (AvgIpc) is 2.45. The maximum Gasteiger partial charge on any atom is 0.329 e. The van der Waals surface area contributed by atoms with E-state index in [0.29, 0.717) is 5.75 Å². The van der Waals surface area contributed by atoms with Crippen molar-refractivity contribution in [3.63, 3.8) is 0 Å².